The van der Waals surface area contributed by atoms with Gasteiger partial charge in [-0.05, 0) is 41.8 Å². The number of rotatable bonds is 9. The van der Waals surface area contributed by atoms with Crippen LogP contribution in [0, 0.1) is 0 Å². The minimum Gasteiger partial charge on any atom is -0.481 e. The Labute approximate surface area is 175 Å². The number of hydrogen-bond acceptors (Lipinski definition) is 7. The van der Waals surface area contributed by atoms with Gasteiger partial charge in [0, 0.05) is 30.9 Å². The van der Waals surface area contributed by atoms with Crippen LogP contribution in [0.4, 0.5) is 17.1 Å². The Morgan fingerprint density at radius 2 is 1.93 bits per heavy atom. The van der Waals surface area contributed by atoms with Gasteiger partial charge in [0.25, 0.3) is 5.91 Å². The van der Waals surface area contributed by atoms with Crippen LogP contribution in [0.25, 0.3) is 0 Å². The molecule has 1 amide bonds. The largest absolute Gasteiger partial charge is 0.481 e. The Kier molecular flexibility index (Phi) is 7.07. The van der Waals surface area contributed by atoms with Gasteiger partial charge in [-0.3, -0.25) is 10.6 Å². The number of pyridine rings is 1. The summed E-state index contributed by atoms with van der Waals surface area (Å²) in [5, 5.41) is 6.16. The summed E-state index contributed by atoms with van der Waals surface area (Å²) in [5.74, 6) is 5.87. The number of nitrogens with two attached hydrogens (primary N) is 2. The lowest BCUT2D eigenvalue weighted by Gasteiger charge is -2.13. The van der Waals surface area contributed by atoms with Gasteiger partial charge in [0.15, 0.2) is 0 Å². The van der Waals surface area contributed by atoms with Crippen molar-refractivity contribution in [1.29, 1.82) is 0 Å². The standard InChI is InChI=1S/C22H26N6O2/c1-30-21-9-6-15(13-26-21)14-27-22(29)17-7-8-20(18(23)12-17)25-11-10-16-4-2-3-5-19(16)28-24/h2-9,12-13,25,28H,10-11,14,23-24H2,1H3,(H,27,29). The normalized spacial score (nSPS) is 10.3. The molecule has 156 valence electrons. The van der Waals surface area contributed by atoms with Crippen LogP contribution in [0.3, 0.4) is 0 Å². The zero-order chi connectivity index (χ0) is 21.3. The lowest BCUT2D eigenvalue weighted by Crippen LogP contribution is -2.23. The third kappa shape index (κ3) is 5.39. The molecule has 30 heavy (non-hydrogen) atoms. The number of para-hydroxylation sites is 1. The SMILES string of the molecule is COc1ccc(CNC(=O)c2ccc(NCCc3ccccc3NN)c(N)c2)cn1. The molecule has 7 N–H and O–H groups in total. The van der Waals surface area contributed by atoms with E-state index in [0.29, 0.717) is 30.2 Å². The van der Waals surface area contributed by atoms with E-state index in [9.17, 15) is 4.79 Å². The van der Waals surface area contributed by atoms with E-state index in [1.165, 1.54) is 0 Å². The number of carbonyl (C=O) groups excluding carboxylic acids is 1. The maximum atomic E-state index is 12.4. The minimum atomic E-state index is -0.202. The predicted molar refractivity (Wildman–Crippen MR) is 119 cm³/mol. The monoisotopic (exact) mass is 406 g/mol. The molecule has 3 aromatic rings. The first kappa shape index (κ1) is 20.9. The van der Waals surface area contributed by atoms with Gasteiger partial charge in [0.1, 0.15) is 0 Å². The Morgan fingerprint density at radius 1 is 1.10 bits per heavy atom. The van der Waals surface area contributed by atoms with Gasteiger partial charge in [-0.2, -0.15) is 0 Å². The second kappa shape index (κ2) is 10.1. The molecule has 0 saturated carbocycles. The molecule has 1 aromatic heterocycles. The zero-order valence-electron chi connectivity index (χ0n) is 16.8. The lowest BCUT2D eigenvalue weighted by atomic mass is 10.1. The Balaban J connectivity index is 1.54. The second-order valence-corrected chi connectivity index (χ2v) is 6.67. The first-order valence-corrected chi connectivity index (χ1v) is 9.55. The molecule has 0 aliphatic carbocycles. The number of aromatic nitrogens is 1. The Hall–Kier alpha value is -3.78. The van der Waals surface area contributed by atoms with Gasteiger partial charge < -0.3 is 26.5 Å². The third-order valence-corrected chi connectivity index (χ3v) is 4.66. The van der Waals surface area contributed by atoms with Crippen LogP contribution in [-0.4, -0.2) is 24.5 Å². The van der Waals surface area contributed by atoms with Crippen molar-refractivity contribution in [2.24, 2.45) is 5.84 Å². The minimum absolute atomic E-state index is 0.202. The number of ether oxygens (including phenoxy) is 1. The van der Waals surface area contributed by atoms with E-state index in [0.717, 1.165) is 28.9 Å². The maximum absolute atomic E-state index is 12.4. The van der Waals surface area contributed by atoms with Crippen LogP contribution < -0.4 is 32.4 Å². The average Bonchev–Trinajstić information content (AvgIpc) is 2.79. The van der Waals surface area contributed by atoms with Gasteiger partial charge in [-0.1, -0.05) is 24.3 Å². The highest BCUT2D eigenvalue weighted by atomic mass is 16.5. The predicted octanol–water partition coefficient (Wildman–Crippen LogP) is 2.54. The van der Waals surface area contributed by atoms with Gasteiger partial charge in [0.2, 0.25) is 5.88 Å². The summed E-state index contributed by atoms with van der Waals surface area (Å²) in [4.78, 5) is 16.5. The topological polar surface area (TPSA) is 127 Å². The molecule has 8 nitrogen and oxygen atoms in total. The highest BCUT2D eigenvalue weighted by molar-refractivity contribution is 5.96. The van der Waals surface area contributed by atoms with Crippen molar-refractivity contribution in [2.45, 2.75) is 13.0 Å². The van der Waals surface area contributed by atoms with E-state index < -0.39 is 0 Å². The van der Waals surface area contributed by atoms with Crippen molar-refractivity contribution in [3.8, 4) is 5.88 Å². The molecule has 1 heterocycles. The van der Waals surface area contributed by atoms with Crippen LogP contribution in [0.1, 0.15) is 21.5 Å². The third-order valence-electron chi connectivity index (χ3n) is 4.66. The Morgan fingerprint density at radius 3 is 2.63 bits per heavy atom. The van der Waals surface area contributed by atoms with Crippen LogP contribution in [-0.2, 0) is 13.0 Å². The van der Waals surface area contributed by atoms with E-state index in [2.05, 4.69) is 21.0 Å². The quantitative estimate of drug-likeness (QED) is 0.210. The summed E-state index contributed by atoms with van der Waals surface area (Å²) in [5.41, 5.74) is 13.5. The Bertz CT molecular complexity index is 991. The molecule has 0 aliphatic heterocycles. The zero-order valence-corrected chi connectivity index (χ0v) is 16.8. The highest BCUT2D eigenvalue weighted by Gasteiger charge is 2.09. The molecule has 0 bridgehead atoms. The summed E-state index contributed by atoms with van der Waals surface area (Å²) >= 11 is 0. The van der Waals surface area contributed by atoms with Gasteiger partial charge in [-0.25, -0.2) is 4.98 Å². The number of nitrogens with zero attached hydrogens (tertiary/aromatic N) is 1. The molecule has 3 rings (SSSR count). The number of hydrazine groups is 1. The van der Waals surface area contributed by atoms with Crippen LogP contribution in [0.2, 0.25) is 0 Å². The number of hydrogen-bond donors (Lipinski definition) is 5. The van der Waals surface area contributed by atoms with E-state index in [1.807, 2.05) is 36.4 Å². The van der Waals surface area contributed by atoms with Crippen LogP contribution in [0.15, 0.2) is 60.8 Å². The maximum Gasteiger partial charge on any atom is 0.251 e. The van der Waals surface area contributed by atoms with Crippen molar-refractivity contribution < 1.29 is 9.53 Å². The lowest BCUT2D eigenvalue weighted by molar-refractivity contribution is 0.0951. The molecular weight excluding hydrogens is 380 g/mol. The molecule has 0 radical (unpaired) electrons. The summed E-state index contributed by atoms with van der Waals surface area (Å²) < 4.78 is 5.03. The van der Waals surface area contributed by atoms with Crippen molar-refractivity contribution >= 4 is 23.0 Å². The number of amides is 1. The van der Waals surface area contributed by atoms with Crippen LogP contribution >= 0.6 is 0 Å². The summed E-state index contributed by atoms with van der Waals surface area (Å²) in [7, 11) is 1.56. The number of benzene rings is 2. The molecule has 0 atom stereocenters. The molecule has 8 heteroatoms. The first-order valence-electron chi connectivity index (χ1n) is 9.55. The second-order valence-electron chi connectivity index (χ2n) is 6.67. The first-order chi connectivity index (χ1) is 14.6. The van der Waals surface area contributed by atoms with Gasteiger partial charge >= 0.3 is 0 Å². The average molecular weight is 406 g/mol. The van der Waals surface area contributed by atoms with Crippen molar-refractivity contribution in [1.82, 2.24) is 10.3 Å². The summed E-state index contributed by atoms with van der Waals surface area (Å²) in [6, 6.07) is 16.7. The van der Waals surface area contributed by atoms with E-state index in [-0.39, 0.29) is 5.91 Å². The summed E-state index contributed by atoms with van der Waals surface area (Å²) in [6.07, 6.45) is 2.44. The smallest absolute Gasteiger partial charge is 0.251 e. The number of carbonyl (C=O) groups is 1. The number of methoxy groups -OCH3 is 1. The van der Waals surface area contributed by atoms with Gasteiger partial charge in [-0.15, -0.1) is 0 Å². The molecular formula is C22H26N6O2. The van der Waals surface area contributed by atoms with Crippen molar-refractivity contribution in [2.75, 3.05) is 30.1 Å². The molecule has 0 spiro atoms. The fraction of sp³-hybridized carbons (Fsp3) is 0.182. The van der Waals surface area contributed by atoms with Crippen molar-refractivity contribution in [3.05, 3.63) is 77.5 Å². The molecule has 0 unspecified atom stereocenters. The van der Waals surface area contributed by atoms with Gasteiger partial charge in [0.05, 0.1) is 24.2 Å². The van der Waals surface area contributed by atoms with Crippen LogP contribution in [0.5, 0.6) is 5.88 Å². The summed E-state index contributed by atoms with van der Waals surface area (Å²) in [6.45, 7) is 1.04. The molecule has 0 fully saturated rings. The highest BCUT2D eigenvalue weighted by Crippen LogP contribution is 2.21. The molecule has 0 aliphatic rings. The number of nitrogen functional groups attached to an aromatic ring is 2. The molecule has 0 saturated heterocycles. The fourth-order valence-corrected chi connectivity index (χ4v) is 3.00. The molecule has 2 aromatic carbocycles. The fourth-order valence-electron chi connectivity index (χ4n) is 3.00. The van der Waals surface area contributed by atoms with E-state index in [1.54, 1.807) is 31.5 Å². The number of anilines is 3. The number of nitrogens with one attached hydrogen (secondary N) is 3. The van der Waals surface area contributed by atoms with E-state index >= 15 is 0 Å². The van der Waals surface area contributed by atoms with E-state index in [4.69, 9.17) is 16.3 Å². The van der Waals surface area contributed by atoms with Crippen molar-refractivity contribution in [3.63, 3.8) is 0 Å².